The third kappa shape index (κ3) is 2.37. The number of ether oxygens (including phenoxy) is 1. The standard InChI is InChI=1S/C10H10BrIO/c11-9-5-4-7(12)6-10(9)13-8-2-1-3-8/h4-6,8H,1-3H2. The molecule has 1 aliphatic rings. The first kappa shape index (κ1) is 9.77. The van der Waals surface area contributed by atoms with Crippen molar-refractivity contribution >= 4 is 38.5 Å². The van der Waals surface area contributed by atoms with Crippen molar-refractivity contribution in [1.29, 1.82) is 0 Å². The van der Waals surface area contributed by atoms with Gasteiger partial charge in [-0.25, -0.2) is 0 Å². The summed E-state index contributed by atoms with van der Waals surface area (Å²) in [5.41, 5.74) is 0. The highest BCUT2D eigenvalue weighted by atomic mass is 127. The second-order valence-corrected chi connectivity index (χ2v) is 5.35. The summed E-state index contributed by atoms with van der Waals surface area (Å²) in [6.45, 7) is 0. The van der Waals surface area contributed by atoms with Gasteiger partial charge in [-0.3, -0.25) is 0 Å². The number of halogens is 2. The molecule has 0 bridgehead atoms. The highest BCUT2D eigenvalue weighted by Gasteiger charge is 2.19. The Hall–Kier alpha value is 0.230. The summed E-state index contributed by atoms with van der Waals surface area (Å²) in [4.78, 5) is 0. The average Bonchev–Trinajstić information content (AvgIpc) is 2.03. The molecular weight excluding hydrogens is 343 g/mol. The maximum atomic E-state index is 5.81. The van der Waals surface area contributed by atoms with Crippen LogP contribution >= 0.6 is 38.5 Å². The van der Waals surface area contributed by atoms with Crippen molar-refractivity contribution in [3.05, 3.63) is 26.2 Å². The summed E-state index contributed by atoms with van der Waals surface area (Å²) >= 11 is 5.78. The van der Waals surface area contributed by atoms with Crippen molar-refractivity contribution in [2.24, 2.45) is 0 Å². The van der Waals surface area contributed by atoms with Crippen molar-refractivity contribution < 1.29 is 4.74 Å². The van der Waals surface area contributed by atoms with Gasteiger partial charge in [0.2, 0.25) is 0 Å². The van der Waals surface area contributed by atoms with Crippen molar-refractivity contribution in [2.45, 2.75) is 25.4 Å². The monoisotopic (exact) mass is 352 g/mol. The van der Waals surface area contributed by atoms with Crippen LogP contribution in [0.1, 0.15) is 19.3 Å². The molecule has 1 aromatic carbocycles. The van der Waals surface area contributed by atoms with Crippen molar-refractivity contribution in [3.63, 3.8) is 0 Å². The smallest absolute Gasteiger partial charge is 0.134 e. The largest absolute Gasteiger partial charge is 0.489 e. The van der Waals surface area contributed by atoms with Crippen LogP contribution in [0, 0.1) is 3.57 Å². The SMILES string of the molecule is Brc1ccc(I)cc1OC1CCC1. The molecule has 3 heteroatoms. The molecule has 0 aliphatic heterocycles. The quantitative estimate of drug-likeness (QED) is 0.731. The van der Waals surface area contributed by atoms with Crippen LogP contribution in [0.4, 0.5) is 0 Å². The molecule has 0 unspecified atom stereocenters. The van der Waals surface area contributed by atoms with Gasteiger partial charge >= 0.3 is 0 Å². The van der Waals surface area contributed by atoms with E-state index < -0.39 is 0 Å². The summed E-state index contributed by atoms with van der Waals surface area (Å²) in [6, 6.07) is 6.18. The van der Waals surface area contributed by atoms with E-state index in [1.165, 1.54) is 22.8 Å². The van der Waals surface area contributed by atoms with Crippen LogP contribution in [0.5, 0.6) is 5.75 Å². The number of hydrogen-bond acceptors (Lipinski definition) is 1. The number of rotatable bonds is 2. The Morgan fingerprint density at radius 3 is 2.77 bits per heavy atom. The Labute approximate surface area is 100 Å². The topological polar surface area (TPSA) is 9.23 Å². The number of benzene rings is 1. The Morgan fingerprint density at radius 2 is 2.15 bits per heavy atom. The molecular formula is C10H10BrIO. The van der Waals surface area contributed by atoms with E-state index in [9.17, 15) is 0 Å². The van der Waals surface area contributed by atoms with E-state index in [0.29, 0.717) is 6.10 Å². The Balaban J connectivity index is 2.13. The first-order chi connectivity index (χ1) is 6.25. The molecule has 0 radical (unpaired) electrons. The second-order valence-electron chi connectivity index (χ2n) is 3.25. The lowest BCUT2D eigenvalue weighted by atomic mass is 9.96. The van der Waals surface area contributed by atoms with Crippen molar-refractivity contribution in [3.8, 4) is 5.75 Å². The van der Waals surface area contributed by atoms with Gasteiger partial charge < -0.3 is 4.74 Å². The van der Waals surface area contributed by atoms with E-state index in [1.807, 2.05) is 6.07 Å². The van der Waals surface area contributed by atoms with Crippen LogP contribution in [0.25, 0.3) is 0 Å². The van der Waals surface area contributed by atoms with Crippen molar-refractivity contribution in [2.75, 3.05) is 0 Å². The summed E-state index contributed by atoms with van der Waals surface area (Å²) in [5, 5.41) is 0. The lowest BCUT2D eigenvalue weighted by Crippen LogP contribution is -2.24. The minimum Gasteiger partial charge on any atom is -0.489 e. The maximum Gasteiger partial charge on any atom is 0.134 e. The van der Waals surface area contributed by atoms with Gasteiger partial charge in [0.05, 0.1) is 10.6 Å². The van der Waals surface area contributed by atoms with Gasteiger partial charge in [-0.15, -0.1) is 0 Å². The maximum absolute atomic E-state index is 5.81. The predicted molar refractivity (Wildman–Crippen MR) is 65.1 cm³/mol. The fraction of sp³-hybridized carbons (Fsp3) is 0.400. The van der Waals surface area contributed by atoms with Crippen LogP contribution in [0.2, 0.25) is 0 Å². The molecule has 13 heavy (non-hydrogen) atoms. The average molecular weight is 353 g/mol. The first-order valence-electron chi connectivity index (χ1n) is 4.37. The van der Waals surface area contributed by atoms with Gasteiger partial charge in [0.25, 0.3) is 0 Å². The fourth-order valence-corrected chi connectivity index (χ4v) is 2.04. The third-order valence-electron chi connectivity index (χ3n) is 2.24. The molecule has 2 rings (SSSR count). The highest BCUT2D eigenvalue weighted by Crippen LogP contribution is 2.31. The molecule has 0 spiro atoms. The van der Waals surface area contributed by atoms with Crippen LogP contribution in [0.15, 0.2) is 22.7 Å². The van der Waals surface area contributed by atoms with E-state index in [0.717, 1.165) is 10.2 Å². The Bertz CT molecular complexity index is 310. The van der Waals surface area contributed by atoms with Gasteiger partial charge in [0, 0.05) is 3.57 Å². The third-order valence-corrected chi connectivity index (χ3v) is 3.57. The summed E-state index contributed by atoms with van der Waals surface area (Å²) in [6.07, 6.45) is 4.18. The molecule has 1 saturated carbocycles. The molecule has 1 aromatic rings. The van der Waals surface area contributed by atoms with E-state index in [1.54, 1.807) is 0 Å². The minimum atomic E-state index is 0.453. The lowest BCUT2D eigenvalue weighted by Gasteiger charge is -2.26. The highest BCUT2D eigenvalue weighted by molar-refractivity contribution is 14.1. The molecule has 70 valence electrons. The summed E-state index contributed by atoms with van der Waals surface area (Å²) in [7, 11) is 0. The molecule has 0 amide bonds. The Kier molecular flexibility index (Phi) is 3.14. The normalized spacial score (nSPS) is 16.8. The molecule has 1 aliphatic carbocycles. The van der Waals surface area contributed by atoms with Crippen LogP contribution in [-0.4, -0.2) is 6.10 Å². The molecule has 0 aromatic heterocycles. The molecule has 1 fully saturated rings. The lowest BCUT2D eigenvalue weighted by molar-refractivity contribution is 0.119. The fourth-order valence-electron chi connectivity index (χ4n) is 1.24. The van der Waals surface area contributed by atoms with E-state index in [-0.39, 0.29) is 0 Å². The zero-order chi connectivity index (χ0) is 9.26. The van der Waals surface area contributed by atoms with Gasteiger partial charge in [0.15, 0.2) is 0 Å². The molecule has 0 saturated heterocycles. The van der Waals surface area contributed by atoms with Gasteiger partial charge in [0.1, 0.15) is 5.75 Å². The van der Waals surface area contributed by atoms with Gasteiger partial charge in [-0.1, -0.05) is 0 Å². The summed E-state index contributed by atoms with van der Waals surface area (Å²) < 4.78 is 8.08. The molecule has 0 heterocycles. The second kappa shape index (κ2) is 4.17. The summed E-state index contributed by atoms with van der Waals surface area (Å²) in [5.74, 6) is 0.983. The van der Waals surface area contributed by atoms with E-state index >= 15 is 0 Å². The van der Waals surface area contributed by atoms with Crippen LogP contribution in [-0.2, 0) is 0 Å². The minimum absolute atomic E-state index is 0.453. The molecule has 1 nitrogen and oxygen atoms in total. The van der Waals surface area contributed by atoms with E-state index in [4.69, 9.17) is 4.74 Å². The van der Waals surface area contributed by atoms with Gasteiger partial charge in [-0.2, -0.15) is 0 Å². The predicted octanol–water partition coefficient (Wildman–Crippen LogP) is 3.99. The molecule has 0 atom stereocenters. The molecule has 0 N–H and O–H groups in total. The first-order valence-corrected chi connectivity index (χ1v) is 6.24. The Morgan fingerprint density at radius 1 is 1.38 bits per heavy atom. The number of hydrogen-bond donors (Lipinski definition) is 0. The zero-order valence-electron chi connectivity index (χ0n) is 7.09. The van der Waals surface area contributed by atoms with Crippen LogP contribution < -0.4 is 4.74 Å². The van der Waals surface area contributed by atoms with Gasteiger partial charge in [-0.05, 0) is 76.0 Å². The van der Waals surface area contributed by atoms with Crippen LogP contribution in [0.3, 0.4) is 0 Å². The van der Waals surface area contributed by atoms with Crippen molar-refractivity contribution in [1.82, 2.24) is 0 Å². The van der Waals surface area contributed by atoms with E-state index in [2.05, 4.69) is 50.7 Å². The zero-order valence-corrected chi connectivity index (χ0v) is 10.8.